The molecule has 0 N–H and O–H groups in total. The highest BCUT2D eigenvalue weighted by Crippen LogP contribution is 2.45. The summed E-state index contributed by atoms with van der Waals surface area (Å²) in [6.07, 6.45) is 0. The highest BCUT2D eigenvalue weighted by atomic mass is 31.2. The van der Waals surface area contributed by atoms with Gasteiger partial charge in [0, 0.05) is 14.2 Å². The van der Waals surface area contributed by atoms with Crippen molar-refractivity contribution in [2.75, 3.05) is 14.2 Å². The van der Waals surface area contributed by atoms with Crippen LogP contribution in [0, 0.1) is 0 Å². The van der Waals surface area contributed by atoms with Crippen LogP contribution in [0.25, 0.3) is 0 Å². The molecule has 50 valence electrons. The fourth-order valence-corrected chi connectivity index (χ4v) is 1.57. The van der Waals surface area contributed by atoms with Crippen molar-refractivity contribution in [3.63, 3.8) is 0 Å². The molecular weight excluding hydrogens is 147 g/mol. The normalized spacial score (nSPS) is 12.2. The van der Waals surface area contributed by atoms with E-state index in [4.69, 9.17) is 0 Å². The van der Waals surface area contributed by atoms with Gasteiger partial charge >= 0.3 is 7.82 Å². The third kappa shape index (κ3) is 2.06. The molecule has 0 aliphatic carbocycles. The van der Waals surface area contributed by atoms with Gasteiger partial charge in [0.1, 0.15) is 0 Å². The first-order valence-electron chi connectivity index (χ1n) is 1.96. The molecule has 0 aromatic rings. The molecule has 0 fully saturated rings. The van der Waals surface area contributed by atoms with E-state index in [1.165, 1.54) is 14.2 Å². The molecule has 0 atom stereocenters. The van der Waals surface area contributed by atoms with Crippen molar-refractivity contribution in [1.29, 1.82) is 0 Å². The SMILES string of the molecule is COP(=O)(OC)O[SiH3]. The summed E-state index contributed by atoms with van der Waals surface area (Å²) in [5, 5.41) is 0. The molecule has 0 spiro atoms. The zero-order valence-electron chi connectivity index (χ0n) is 5.08. The van der Waals surface area contributed by atoms with Crippen molar-refractivity contribution in [3.05, 3.63) is 0 Å². The fourth-order valence-electron chi connectivity index (χ4n) is 0.224. The van der Waals surface area contributed by atoms with E-state index in [9.17, 15) is 4.57 Å². The van der Waals surface area contributed by atoms with Gasteiger partial charge in [0.2, 0.25) is 0 Å². The Labute approximate surface area is 51.3 Å². The van der Waals surface area contributed by atoms with Crippen LogP contribution in [-0.2, 0) is 17.8 Å². The standard InChI is InChI=1S/C2H9O4PSi/c1-4-7(3,5-2)6-8/h1-2,8H3. The molecule has 0 rings (SSSR count). The minimum atomic E-state index is -3.10. The van der Waals surface area contributed by atoms with Crippen LogP contribution in [0.4, 0.5) is 0 Å². The molecule has 0 heterocycles. The lowest BCUT2D eigenvalue weighted by molar-refractivity contribution is 0.216. The Kier molecular flexibility index (Phi) is 3.51. The number of phosphoric ester groups is 1. The minimum absolute atomic E-state index is 0.353. The second-order valence-electron chi connectivity index (χ2n) is 0.995. The average molecular weight is 156 g/mol. The summed E-state index contributed by atoms with van der Waals surface area (Å²) in [7, 11) is -0.187. The number of phosphoric acid groups is 1. The summed E-state index contributed by atoms with van der Waals surface area (Å²) < 4.78 is 23.9. The van der Waals surface area contributed by atoms with E-state index >= 15 is 0 Å². The molecule has 6 heteroatoms. The smallest absolute Gasteiger partial charge is 0.341 e. The predicted octanol–water partition coefficient (Wildman–Crippen LogP) is -0.316. The molecule has 0 bridgehead atoms. The molecule has 0 saturated carbocycles. The van der Waals surface area contributed by atoms with Gasteiger partial charge in [-0.2, -0.15) is 0 Å². The van der Waals surface area contributed by atoms with E-state index < -0.39 is 7.82 Å². The molecule has 0 aliphatic rings. The maximum atomic E-state index is 10.7. The molecule has 8 heavy (non-hydrogen) atoms. The first kappa shape index (κ1) is 8.33. The monoisotopic (exact) mass is 156 g/mol. The third-order valence-electron chi connectivity index (χ3n) is 0.671. The fraction of sp³-hybridized carbons (Fsp3) is 1.00. The molecule has 0 aromatic carbocycles. The number of hydrogen-bond donors (Lipinski definition) is 0. The quantitative estimate of drug-likeness (QED) is 0.415. The topological polar surface area (TPSA) is 44.8 Å². The van der Waals surface area contributed by atoms with E-state index in [1.807, 2.05) is 0 Å². The Balaban J connectivity index is 3.79. The average Bonchev–Trinajstić information content (AvgIpc) is 1.87. The third-order valence-corrected chi connectivity index (χ3v) is 3.35. The van der Waals surface area contributed by atoms with Crippen LogP contribution in [-0.4, -0.2) is 24.7 Å². The van der Waals surface area contributed by atoms with Gasteiger partial charge in [-0.25, -0.2) is 4.57 Å². The molecule has 0 saturated heterocycles. The van der Waals surface area contributed by atoms with Gasteiger partial charge in [-0.3, -0.25) is 9.05 Å². The highest BCUT2D eigenvalue weighted by molar-refractivity contribution is 7.49. The van der Waals surface area contributed by atoms with Gasteiger partial charge in [-0.15, -0.1) is 0 Å². The van der Waals surface area contributed by atoms with Crippen LogP contribution >= 0.6 is 7.82 Å². The van der Waals surface area contributed by atoms with Crippen molar-refractivity contribution in [2.45, 2.75) is 0 Å². The Hall–Kier alpha value is 0.327. The first-order chi connectivity index (χ1) is 3.68. The van der Waals surface area contributed by atoms with Gasteiger partial charge in [0.15, 0.2) is 10.5 Å². The van der Waals surface area contributed by atoms with Gasteiger partial charge in [0.25, 0.3) is 0 Å². The second-order valence-corrected chi connectivity index (χ2v) is 4.08. The van der Waals surface area contributed by atoms with Crippen molar-refractivity contribution in [2.24, 2.45) is 0 Å². The molecule has 0 aromatic heterocycles. The Morgan fingerprint density at radius 3 is 1.75 bits per heavy atom. The lowest BCUT2D eigenvalue weighted by Crippen LogP contribution is -1.89. The second kappa shape index (κ2) is 3.37. The van der Waals surface area contributed by atoms with E-state index in [0.29, 0.717) is 10.5 Å². The van der Waals surface area contributed by atoms with Crippen molar-refractivity contribution in [1.82, 2.24) is 0 Å². The zero-order valence-corrected chi connectivity index (χ0v) is 7.97. The zero-order chi connectivity index (χ0) is 6.62. The molecule has 0 unspecified atom stereocenters. The van der Waals surface area contributed by atoms with Crippen LogP contribution in [0.2, 0.25) is 0 Å². The molecule has 0 amide bonds. The summed E-state index contributed by atoms with van der Waals surface area (Å²) in [5.74, 6) is 0. The molecule has 4 nitrogen and oxygen atoms in total. The summed E-state index contributed by atoms with van der Waals surface area (Å²) >= 11 is 0. The van der Waals surface area contributed by atoms with Crippen molar-refractivity contribution >= 4 is 18.3 Å². The molecular formula is C2H9O4PSi. The largest absolute Gasteiger partial charge is 0.463 e. The van der Waals surface area contributed by atoms with E-state index in [2.05, 4.69) is 13.3 Å². The van der Waals surface area contributed by atoms with Crippen LogP contribution in [0.3, 0.4) is 0 Å². The number of rotatable bonds is 3. The summed E-state index contributed by atoms with van der Waals surface area (Å²) in [4.78, 5) is 0. The maximum Gasteiger partial charge on any atom is 0.463 e. The van der Waals surface area contributed by atoms with Gasteiger partial charge < -0.3 is 4.21 Å². The van der Waals surface area contributed by atoms with Crippen LogP contribution in [0.1, 0.15) is 0 Å². The summed E-state index contributed by atoms with van der Waals surface area (Å²) in [6.45, 7) is 0. The van der Waals surface area contributed by atoms with Crippen LogP contribution in [0.5, 0.6) is 0 Å². The predicted molar refractivity (Wildman–Crippen MR) is 32.6 cm³/mol. The van der Waals surface area contributed by atoms with Crippen molar-refractivity contribution < 1.29 is 17.8 Å². The van der Waals surface area contributed by atoms with E-state index in [1.54, 1.807) is 0 Å². The van der Waals surface area contributed by atoms with Crippen LogP contribution in [0.15, 0.2) is 0 Å². The summed E-state index contributed by atoms with van der Waals surface area (Å²) in [6, 6.07) is 0. The van der Waals surface area contributed by atoms with Gasteiger partial charge in [-0.05, 0) is 0 Å². The van der Waals surface area contributed by atoms with Crippen molar-refractivity contribution in [3.8, 4) is 0 Å². The van der Waals surface area contributed by atoms with E-state index in [0.717, 1.165) is 0 Å². The Bertz CT molecular complexity index is 85.2. The summed E-state index contributed by atoms with van der Waals surface area (Å²) in [5.41, 5.74) is 0. The lowest BCUT2D eigenvalue weighted by atomic mass is 11.8. The van der Waals surface area contributed by atoms with Gasteiger partial charge in [0.05, 0.1) is 0 Å². The molecule has 0 aliphatic heterocycles. The lowest BCUT2D eigenvalue weighted by Gasteiger charge is -2.08. The molecule has 0 radical (unpaired) electrons. The Morgan fingerprint density at radius 2 is 1.75 bits per heavy atom. The maximum absolute atomic E-state index is 10.7. The highest BCUT2D eigenvalue weighted by Gasteiger charge is 2.17. The van der Waals surface area contributed by atoms with E-state index in [-0.39, 0.29) is 0 Å². The van der Waals surface area contributed by atoms with Gasteiger partial charge in [-0.1, -0.05) is 0 Å². The minimum Gasteiger partial charge on any atom is -0.341 e. The Morgan fingerprint density at radius 1 is 1.38 bits per heavy atom. The first-order valence-corrected chi connectivity index (χ1v) is 4.23. The number of hydrogen-bond acceptors (Lipinski definition) is 4. The van der Waals surface area contributed by atoms with Crippen LogP contribution < -0.4 is 0 Å².